The maximum absolute atomic E-state index is 12.2. The number of aliphatic hydroxyl groups is 1. The zero-order chi connectivity index (χ0) is 12.4. The van der Waals surface area contributed by atoms with E-state index in [1.807, 2.05) is 0 Å². The second kappa shape index (κ2) is 5.77. The van der Waals surface area contributed by atoms with Gasteiger partial charge in [-0.1, -0.05) is 11.6 Å². The number of fused-ring (bicyclic) bond motifs is 1. The van der Waals surface area contributed by atoms with Crippen LogP contribution >= 0.6 is 22.9 Å². The van der Waals surface area contributed by atoms with Crippen molar-refractivity contribution < 1.29 is 14.1 Å². The van der Waals surface area contributed by atoms with E-state index >= 15 is 0 Å². The molecule has 96 valence electrons. The van der Waals surface area contributed by atoms with Gasteiger partial charge in [0.05, 0.1) is 10.4 Å². The van der Waals surface area contributed by atoms with Gasteiger partial charge in [-0.2, -0.15) is 0 Å². The van der Waals surface area contributed by atoms with Crippen molar-refractivity contribution in [1.29, 1.82) is 0 Å². The molecule has 2 atom stereocenters. The molecule has 0 saturated heterocycles. The highest BCUT2D eigenvalue weighted by Crippen LogP contribution is 2.38. The Hall–Kier alpha value is 0.0200. The summed E-state index contributed by atoms with van der Waals surface area (Å²) in [7, 11) is 0.434. The summed E-state index contributed by atoms with van der Waals surface area (Å²) in [6.07, 6.45) is 0.192. The van der Waals surface area contributed by atoms with Gasteiger partial charge in [0, 0.05) is 32.4 Å². The standard InChI is InChI=1S/C10H14ClNO3S2/c1-15-4-2-3-12-6-8(13)7-5-9(11)16-10(7)17(12)14/h5,8,13H,2-4,6H2,1H3/t8-,17?/m1/s1. The first kappa shape index (κ1) is 13.5. The summed E-state index contributed by atoms with van der Waals surface area (Å²) in [6, 6.07) is 1.70. The van der Waals surface area contributed by atoms with Crippen LogP contribution in [0.15, 0.2) is 10.3 Å². The Labute approximate surface area is 112 Å². The zero-order valence-electron chi connectivity index (χ0n) is 9.39. The fraction of sp³-hybridized carbons (Fsp3) is 0.600. The Morgan fingerprint density at radius 1 is 1.76 bits per heavy atom. The van der Waals surface area contributed by atoms with Crippen LogP contribution in [0.2, 0.25) is 4.34 Å². The Morgan fingerprint density at radius 3 is 3.24 bits per heavy atom. The van der Waals surface area contributed by atoms with Gasteiger partial charge in [-0.3, -0.25) is 0 Å². The third-order valence-corrected chi connectivity index (χ3v) is 5.69. The Bertz CT molecular complexity index is 424. The summed E-state index contributed by atoms with van der Waals surface area (Å²) >= 11 is 7.17. The minimum Gasteiger partial charge on any atom is -0.387 e. The SMILES string of the molecule is COCCCN1C[C@@H](O)c2cc(Cl)sc2S1=O. The zero-order valence-corrected chi connectivity index (χ0v) is 11.8. The summed E-state index contributed by atoms with van der Waals surface area (Å²) in [6.45, 7) is 1.66. The number of hydrogen-bond acceptors (Lipinski definition) is 4. The molecule has 1 aliphatic rings. The molecule has 2 rings (SSSR count). The molecule has 1 aromatic heterocycles. The summed E-state index contributed by atoms with van der Waals surface area (Å²) in [4.78, 5) is 0. The molecule has 4 nitrogen and oxygen atoms in total. The van der Waals surface area contributed by atoms with Crippen LogP contribution in [0.4, 0.5) is 0 Å². The first-order chi connectivity index (χ1) is 8.13. The molecule has 1 aliphatic heterocycles. The van der Waals surface area contributed by atoms with Gasteiger partial charge >= 0.3 is 0 Å². The van der Waals surface area contributed by atoms with Crippen LogP contribution in [0.1, 0.15) is 18.1 Å². The molecule has 7 heteroatoms. The van der Waals surface area contributed by atoms with Gasteiger partial charge in [0.15, 0.2) is 0 Å². The molecule has 0 radical (unpaired) electrons. The molecular formula is C10H14ClNO3S2. The van der Waals surface area contributed by atoms with E-state index in [1.165, 1.54) is 11.3 Å². The van der Waals surface area contributed by atoms with E-state index in [1.54, 1.807) is 17.5 Å². The predicted octanol–water partition coefficient (Wildman–Crippen LogP) is 1.81. The third-order valence-electron chi connectivity index (χ3n) is 2.58. The lowest BCUT2D eigenvalue weighted by molar-refractivity contribution is 0.134. The lowest BCUT2D eigenvalue weighted by Crippen LogP contribution is -2.36. The molecular weight excluding hydrogens is 282 g/mol. The fourth-order valence-electron chi connectivity index (χ4n) is 1.76. The van der Waals surface area contributed by atoms with Gasteiger partial charge in [0.1, 0.15) is 15.2 Å². The first-order valence-electron chi connectivity index (χ1n) is 5.26. The highest BCUT2D eigenvalue weighted by atomic mass is 35.5. The number of ether oxygens (including phenoxy) is 1. The lowest BCUT2D eigenvalue weighted by Gasteiger charge is -2.28. The Balaban J connectivity index is 2.12. The predicted molar refractivity (Wildman–Crippen MR) is 68.8 cm³/mol. The highest BCUT2D eigenvalue weighted by Gasteiger charge is 2.31. The van der Waals surface area contributed by atoms with Crippen molar-refractivity contribution in [1.82, 2.24) is 4.31 Å². The van der Waals surface area contributed by atoms with E-state index in [4.69, 9.17) is 16.3 Å². The number of methoxy groups -OCH3 is 1. The van der Waals surface area contributed by atoms with E-state index in [0.717, 1.165) is 6.42 Å². The number of aliphatic hydroxyl groups excluding tert-OH is 1. The van der Waals surface area contributed by atoms with E-state index < -0.39 is 17.1 Å². The molecule has 1 unspecified atom stereocenters. The average molecular weight is 296 g/mol. The second-order valence-corrected chi connectivity index (χ2v) is 7.16. The van der Waals surface area contributed by atoms with Gasteiger partial charge in [-0.15, -0.1) is 11.3 Å². The van der Waals surface area contributed by atoms with Gasteiger partial charge in [-0.25, -0.2) is 8.51 Å². The minimum absolute atomic E-state index is 0.385. The molecule has 1 N–H and O–H groups in total. The van der Waals surface area contributed by atoms with Crippen molar-refractivity contribution in [2.24, 2.45) is 0 Å². The monoisotopic (exact) mass is 295 g/mol. The van der Waals surface area contributed by atoms with E-state index in [9.17, 15) is 9.32 Å². The van der Waals surface area contributed by atoms with Crippen LogP contribution in [0.3, 0.4) is 0 Å². The quantitative estimate of drug-likeness (QED) is 0.862. The van der Waals surface area contributed by atoms with Crippen LogP contribution in [0.5, 0.6) is 0 Å². The number of thiophene rings is 1. The molecule has 17 heavy (non-hydrogen) atoms. The molecule has 1 aromatic rings. The largest absolute Gasteiger partial charge is 0.387 e. The van der Waals surface area contributed by atoms with E-state index in [0.29, 0.717) is 33.8 Å². The molecule has 0 fully saturated rings. The van der Waals surface area contributed by atoms with Crippen LogP contribution in [0, 0.1) is 0 Å². The molecule has 0 aliphatic carbocycles. The minimum atomic E-state index is -1.20. The molecule has 0 amide bonds. The van der Waals surface area contributed by atoms with Crippen molar-refractivity contribution >= 4 is 33.9 Å². The Morgan fingerprint density at radius 2 is 2.53 bits per heavy atom. The summed E-state index contributed by atoms with van der Waals surface area (Å²) in [5.41, 5.74) is 0.710. The maximum Gasteiger partial charge on any atom is 0.138 e. The number of halogens is 1. The van der Waals surface area contributed by atoms with Crippen molar-refractivity contribution in [3.8, 4) is 0 Å². The Kier molecular flexibility index (Phi) is 4.57. The van der Waals surface area contributed by atoms with Crippen molar-refractivity contribution in [3.05, 3.63) is 16.0 Å². The van der Waals surface area contributed by atoms with Gasteiger partial charge in [0.25, 0.3) is 0 Å². The molecule has 0 bridgehead atoms. The maximum atomic E-state index is 12.2. The normalized spacial score (nSPS) is 24.9. The lowest BCUT2D eigenvalue weighted by atomic mass is 10.2. The van der Waals surface area contributed by atoms with E-state index in [2.05, 4.69) is 0 Å². The smallest absolute Gasteiger partial charge is 0.138 e. The number of β-amino-alcohol motifs (C(OH)–C–C–N with tert-alkyl or cyclic N) is 1. The van der Waals surface area contributed by atoms with Crippen molar-refractivity contribution in [3.63, 3.8) is 0 Å². The van der Waals surface area contributed by atoms with Gasteiger partial charge in [0.2, 0.25) is 0 Å². The second-order valence-electron chi connectivity index (χ2n) is 3.79. The van der Waals surface area contributed by atoms with Gasteiger partial charge < -0.3 is 9.84 Å². The van der Waals surface area contributed by atoms with Crippen LogP contribution in [-0.4, -0.2) is 40.4 Å². The van der Waals surface area contributed by atoms with E-state index in [-0.39, 0.29) is 0 Å². The fourth-order valence-corrected chi connectivity index (χ4v) is 5.00. The number of nitrogens with zero attached hydrogens (tertiary/aromatic N) is 1. The highest BCUT2D eigenvalue weighted by molar-refractivity contribution is 7.85. The summed E-state index contributed by atoms with van der Waals surface area (Å²) < 4.78 is 20.2. The average Bonchev–Trinajstić information content (AvgIpc) is 2.68. The van der Waals surface area contributed by atoms with Crippen molar-refractivity contribution in [2.75, 3.05) is 26.8 Å². The van der Waals surface area contributed by atoms with Crippen LogP contribution < -0.4 is 0 Å². The number of hydrogen-bond donors (Lipinski definition) is 1. The summed E-state index contributed by atoms with van der Waals surface area (Å²) in [5.74, 6) is 0. The molecule has 0 saturated carbocycles. The first-order valence-corrected chi connectivity index (χ1v) is 7.56. The van der Waals surface area contributed by atoms with Crippen LogP contribution in [-0.2, 0) is 15.7 Å². The summed E-state index contributed by atoms with van der Waals surface area (Å²) in [5, 5.41) is 9.96. The molecule has 2 heterocycles. The number of rotatable bonds is 4. The molecule has 0 spiro atoms. The molecule has 0 aromatic carbocycles. The van der Waals surface area contributed by atoms with Crippen molar-refractivity contribution in [2.45, 2.75) is 16.7 Å². The van der Waals surface area contributed by atoms with Crippen LogP contribution in [0.25, 0.3) is 0 Å². The topological polar surface area (TPSA) is 49.8 Å². The van der Waals surface area contributed by atoms with Gasteiger partial charge in [-0.05, 0) is 12.5 Å². The third kappa shape index (κ3) is 2.89.